The Bertz CT molecular complexity index is 764. The van der Waals surface area contributed by atoms with E-state index in [0.29, 0.717) is 37.4 Å². The Morgan fingerprint density at radius 2 is 2.00 bits per heavy atom. The summed E-state index contributed by atoms with van der Waals surface area (Å²) >= 11 is 0. The molecule has 0 spiro atoms. The quantitative estimate of drug-likeness (QED) is 0.624. The molecule has 28 heavy (non-hydrogen) atoms. The molecule has 1 fully saturated rings. The zero-order valence-electron chi connectivity index (χ0n) is 16.0. The van der Waals surface area contributed by atoms with Crippen LogP contribution in [-0.4, -0.2) is 60.1 Å². The molecule has 0 radical (unpaired) electrons. The highest BCUT2D eigenvalue weighted by Gasteiger charge is 2.26. The summed E-state index contributed by atoms with van der Waals surface area (Å²) in [6, 6.07) is 11.4. The van der Waals surface area contributed by atoms with Crippen LogP contribution in [0.25, 0.3) is 0 Å². The highest BCUT2D eigenvalue weighted by molar-refractivity contribution is 5.94. The minimum absolute atomic E-state index is 0.150. The average Bonchev–Trinajstić information content (AvgIpc) is 2.73. The molecule has 0 saturated carbocycles. The maximum absolute atomic E-state index is 12.3. The molecule has 0 bridgehead atoms. The number of anilines is 1. The Morgan fingerprint density at radius 3 is 2.64 bits per heavy atom. The molecule has 1 aliphatic rings. The number of hydrogen-bond acceptors (Lipinski definition) is 6. The van der Waals surface area contributed by atoms with Gasteiger partial charge in [0.1, 0.15) is 11.6 Å². The summed E-state index contributed by atoms with van der Waals surface area (Å²) in [5, 5.41) is 22.3. The van der Waals surface area contributed by atoms with Gasteiger partial charge in [0.05, 0.1) is 24.9 Å². The topological polar surface area (TPSA) is 94.9 Å². The smallest absolute Gasteiger partial charge is 0.252 e. The first-order chi connectivity index (χ1) is 13.6. The molecule has 1 aliphatic heterocycles. The standard InChI is InChI=1S/C21H27N3O4/c1-28-17-7-4-15(5-8-17)3-2-11-22-21(27)16-6-9-20(23-13-16)24-12-10-18(25)19(26)14-24/h4-9,13,18-19,25-26H,2-3,10-12,14H2,1H3,(H,22,27)/t18-,19-/m1/s1. The van der Waals surface area contributed by atoms with Gasteiger partial charge < -0.3 is 25.2 Å². The van der Waals surface area contributed by atoms with Crippen LogP contribution in [0.5, 0.6) is 5.75 Å². The largest absolute Gasteiger partial charge is 0.497 e. The summed E-state index contributed by atoms with van der Waals surface area (Å²) in [6.07, 6.45) is 2.32. The molecule has 0 aliphatic carbocycles. The Balaban J connectivity index is 1.44. The summed E-state index contributed by atoms with van der Waals surface area (Å²) in [5.74, 6) is 1.38. The number of aromatic nitrogens is 1. The zero-order chi connectivity index (χ0) is 19.9. The van der Waals surface area contributed by atoms with Crippen LogP contribution in [-0.2, 0) is 6.42 Å². The van der Waals surface area contributed by atoms with E-state index in [-0.39, 0.29) is 5.91 Å². The summed E-state index contributed by atoms with van der Waals surface area (Å²) in [4.78, 5) is 18.5. The van der Waals surface area contributed by atoms with E-state index >= 15 is 0 Å². The number of rotatable bonds is 7. The van der Waals surface area contributed by atoms with Crippen LogP contribution in [0.15, 0.2) is 42.6 Å². The zero-order valence-corrected chi connectivity index (χ0v) is 16.0. The molecule has 0 unspecified atom stereocenters. The first-order valence-corrected chi connectivity index (χ1v) is 9.55. The van der Waals surface area contributed by atoms with Gasteiger partial charge in [-0.2, -0.15) is 0 Å². The molecular weight excluding hydrogens is 358 g/mol. The fraction of sp³-hybridized carbons (Fsp3) is 0.429. The number of amides is 1. The van der Waals surface area contributed by atoms with Crippen molar-refractivity contribution in [3.63, 3.8) is 0 Å². The predicted molar refractivity (Wildman–Crippen MR) is 107 cm³/mol. The number of nitrogens with zero attached hydrogens (tertiary/aromatic N) is 2. The van der Waals surface area contributed by atoms with Gasteiger partial charge >= 0.3 is 0 Å². The SMILES string of the molecule is COc1ccc(CCCNC(=O)c2ccc(N3CC[C@@H](O)[C@H](O)C3)nc2)cc1. The number of β-amino-alcohol motifs (C(OH)–C–C–N with tert-alkyl or cyclic N) is 1. The van der Waals surface area contributed by atoms with Gasteiger partial charge in [0, 0.05) is 25.8 Å². The molecule has 7 heteroatoms. The fourth-order valence-corrected chi connectivity index (χ4v) is 3.22. The second kappa shape index (κ2) is 9.52. The molecular formula is C21H27N3O4. The molecule has 2 heterocycles. The molecule has 1 aromatic carbocycles. The van der Waals surface area contributed by atoms with Crippen LogP contribution in [0, 0.1) is 0 Å². The maximum atomic E-state index is 12.3. The van der Waals surface area contributed by atoms with E-state index in [1.54, 1.807) is 25.4 Å². The number of ether oxygens (including phenoxy) is 1. The van der Waals surface area contributed by atoms with Crippen molar-refractivity contribution in [2.24, 2.45) is 0 Å². The van der Waals surface area contributed by atoms with Gasteiger partial charge in [-0.3, -0.25) is 4.79 Å². The van der Waals surface area contributed by atoms with Gasteiger partial charge in [-0.15, -0.1) is 0 Å². The third-order valence-electron chi connectivity index (χ3n) is 4.97. The number of pyridine rings is 1. The number of benzene rings is 1. The van der Waals surface area contributed by atoms with Gasteiger partial charge in [0.25, 0.3) is 5.91 Å². The van der Waals surface area contributed by atoms with Gasteiger partial charge in [-0.1, -0.05) is 12.1 Å². The lowest BCUT2D eigenvalue weighted by Crippen LogP contribution is -2.47. The van der Waals surface area contributed by atoms with Crippen LogP contribution >= 0.6 is 0 Å². The number of aryl methyl sites for hydroxylation is 1. The first-order valence-electron chi connectivity index (χ1n) is 9.55. The molecule has 1 saturated heterocycles. The van der Waals surface area contributed by atoms with Crippen LogP contribution in [0.2, 0.25) is 0 Å². The number of carbonyl (C=O) groups excluding carboxylic acids is 1. The van der Waals surface area contributed by atoms with Crippen molar-refractivity contribution in [1.29, 1.82) is 0 Å². The van der Waals surface area contributed by atoms with E-state index in [1.165, 1.54) is 5.56 Å². The molecule has 2 aromatic rings. The summed E-state index contributed by atoms with van der Waals surface area (Å²) < 4.78 is 5.14. The number of piperidine rings is 1. The number of aliphatic hydroxyl groups excluding tert-OH is 2. The minimum atomic E-state index is -0.774. The van der Waals surface area contributed by atoms with E-state index in [0.717, 1.165) is 18.6 Å². The van der Waals surface area contributed by atoms with E-state index in [4.69, 9.17) is 4.74 Å². The third kappa shape index (κ3) is 5.21. The van der Waals surface area contributed by atoms with Crippen LogP contribution < -0.4 is 15.0 Å². The minimum Gasteiger partial charge on any atom is -0.497 e. The van der Waals surface area contributed by atoms with Crippen LogP contribution in [0.3, 0.4) is 0 Å². The van der Waals surface area contributed by atoms with Gasteiger partial charge in [-0.05, 0) is 49.1 Å². The molecule has 7 nitrogen and oxygen atoms in total. The van der Waals surface area contributed by atoms with E-state index in [2.05, 4.69) is 10.3 Å². The molecule has 1 aromatic heterocycles. The third-order valence-corrected chi connectivity index (χ3v) is 4.97. The first kappa shape index (κ1) is 20.1. The maximum Gasteiger partial charge on any atom is 0.252 e. The van der Waals surface area contributed by atoms with Crippen molar-refractivity contribution in [3.05, 3.63) is 53.7 Å². The van der Waals surface area contributed by atoms with Crippen molar-refractivity contribution in [1.82, 2.24) is 10.3 Å². The summed E-state index contributed by atoms with van der Waals surface area (Å²) in [7, 11) is 1.65. The Morgan fingerprint density at radius 1 is 1.21 bits per heavy atom. The van der Waals surface area contributed by atoms with Gasteiger partial charge in [0.2, 0.25) is 0 Å². The molecule has 2 atom stereocenters. The second-order valence-electron chi connectivity index (χ2n) is 6.98. The van der Waals surface area contributed by atoms with Crippen molar-refractivity contribution >= 4 is 11.7 Å². The van der Waals surface area contributed by atoms with Gasteiger partial charge in [-0.25, -0.2) is 4.98 Å². The van der Waals surface area contributed by atoms with Crippen molar-refractivity contribution in [3.8, 4) is 5.75 Å². The van der Waals surface area contributed by atoms with E-state index in [9.17, 15) is 15.0 Å². The lowest BCUT2D eigenvalue weighted by molar-refractivity contribution is 0.00786. The number of aliphatic hydroxyl groups is 2. The number of methoxy groups -OCH3 is 1. The highest BCUT2D eigenvalue weighted by Crippen LogP contribution is 2.18. The molecule has 150 valence electrons. The van der Waals surface area contributed by atoms with Crippen LogP contribution in [0.1, 0.15) is 28.8 Å². The number of nitrogens with one attached hydrogen (secondary N) is 1. The second-order valence-corrected chi connectivity index (χ2v) is 6.98. The monoisotopic (exact) mass is 385 g/mol. The van der Waals surface area contributed by atoms with E-state index in [1.807, 2.05) is 29.2 Å². The summed E-state index contributed by atoms with van der Waals surface area (Å²) in [6.45, 7) is 1.55. The number of carbonyl (C=O) groups is 1. The average molecular weight is 385 g/mol. The predicted octanol–water partition coefficient (Wildman–Crippen LogP) is 1.38. The van der Waals surface area contributed by atoms with Crippen molar-refractivity contribution in [2.45, 2.75) is 31.5 Å². The van der Waals surface area contributed by atoms with Crippen LogP contribution in [0.4, 0.5) is 5.82 Å². The van der Waals surface area contributed by atoms with Gasteiger partial charge in [0.15, 0.2) is 0 Å². The molecule has 3 rings (SSSR count). The Labute approximate surface area is 165 Å². The fourth-order valence-electron chi connectivity index (χ4n) is 3.22. The molecule has 3 N–H and O–H groups in total. The lowest BCUT2D eigenvalue weighted by Gasteiger charge is -2.34. The molecule has 1 amide bonds. The Kier molecular flexibility index (Phi) is 6.84. The number of hydrogen-bond donors (Lipinski definition) is 3. The highest BCUT2D eigenvalue weighted by atomic mass is 16.5. The van der Waals surface area contributed by atoms with Crippen molar-refractivity contribution in [2.75, 3.05) is 31.6 Å². The lowest BCUT2D eigenvalue weighted by atomic mass is 10.1. The van der Waals surface area contributed by atoms with E-state index < -0.39 is 12.2 Å². The normalized spacial score (nSPS) is 19.3. The summed E-state index contributed by atoms with van der Waals surface area (Å²) in [5.41, 5.74) is 1.71. The van der Waals surface area contributed by atoms with Crippen molar-refractivity contribution < 1.29 is 19.7 Å². The Hall–Kier alpha value is -2.64.